The first-order valence-electron chi connectivity index (χ1n) is 7.26. The number of rotatable bonds is 8. The minimum Gasteiger partial charge on any atom is -0.493 e. The smallest absolute Gasteiger partial charge is 0.269 e. The van der Waals surface area contributed by atoms with Gasteiger partial charge < -0.3 is 14.8 Å². The Balaban J connectivity index is 2.49. The quantitative estimate of drug-likeness (QED) is 0.373. The molecule has 0 fully saturated rings. The van der Waals surface area contributed by atoms with Crippen molar-refractivity contribution in [1.82, 2.24) is 16.2 Å². The summed E-state index contributed by atoms with van der Waals surface area (Å²) in [5.41, 5.74) is 5.67. The van der Waals surface area contributed by atoms with Gasteiger partial charge in [0.1, 0.15) is 0 Å². The Kier molecular flexibility index (Phi) is 9.23. The van der Waals surface area contributed by atoms with E-state index in [0.29, 0.717) is 28.8 Å². The van der Waals surface area contributed by atoms with Crippen LogP contribution in [0, 0.1) is 0 Å². The average Bonchev–Trinajstić information content (AvgIpc) is 2.57. The van der Waals surface area contributed by atoms with Crippen molar-refractivity contribution in [3.63, 3.8) is 0 Å². The minimum atomic E-state index is -0.306. The van der Waals surface area contributed by atoms with Crippen molar-refractivity contribution in [3.05, 3.63) is 23.8 Å². The molecular formula is C15H23N3O3S2. The van der Waals surface area contributed by atoms with E-state index in [-0.39, 0.29) is 5.91 Å². The van der Waals surface area contributed by atoms with Crippen LogP contribution in [0.4, 0.5) is 0 Å². The summed E-state index contributed by atoms with van der Waals surface area (Å²) in [7, 11) is 1.53. The summed E-state index contributed by atoms with van der Waals surface area (Å²) >= 11 is 6.87. The SMILES string of the molecule is CCOc1ccc(C(=O)NNC(=S)NCCCSC)cc1OC. The van der Waals surface area contributed by atoms with Crippen molar-refractivity contribution >= 4 is 35.0 Å². The van der Waals surface area contributed by atoms with Crippen LogP contribution in [0.25, 0.3) is 0 Å². The fourth-order valence-electron chi connectivity index (χ4n) is 1.73. The summed E-state index contributed by atoms with van der Waals surface area (Å²) in [5, 5.41) is 3.41. The molecule has 0 radical (unpaired) electrons. The van der Waals surface area contributed by atoms with E-state index in [0.717, 1.165) is 18.7 Å². The lowest BCUT2D eigenvalue weighted by molar-refractivity contribution is 0.0943. The van der Waals surface area contributed by atoms with Crippen LogP contribution in [0.2, 0.25) is 0 Å². The molecule has 0 aromatic heterocycles. The van der Waals surface area contributed by atoms with Crippen LogP contribution >= 0.6 is 24.0 Å². The Labute approximate surface area is 146 Å². The predicted octanol–water partition coefficient (Wildman–Crippen LogP) is 1.96. The number of carbonyl (C=O) groups excluding carboxylic acids is 1. The van der Waals surface area contributed by atoms with E-state index >= 15 is 0 Å². The zero-order chi connectivity index (χ0) is 17.1. The molecule has 0 spiro atoms. The summed E-state index contributed by atoms with van der Waals surface area (Å²) < 4.78 is 10.6. The first-order chi connectivity index (χ1) is 11.1. The van der Waals surface area contributed by atoms with Crippen LogP contribution < -0.4 is 25.6 Å². The van der Waals surface area contributed by atoms with E-state index in [1.165, 1.54) is 7.11 Å². The number of hydrogen-bond donors (Lipinski definition) is 3. The topological polar surface area (TPSA) is 71.6 Å². The number of carbonyl (C=O) groups is 1. The molecule has 0 saturated carbocycles. The van der Waals surface area contributed by atoms with Crippen molar-refractivity contribution < 1.29 is 14.3 Å². The third-order valence-electron chi connectivity index (χ3n) is 2.83. The lowest BCUT2D eigenvalue weighted by atomic mass is 10.2. The number of ether oxygens (including phenoxy) is 2. The standard InChI is InChI=1S/C15H23N3O3S2/c1-4-21-12-7-6-11(10-13(12)20-2)14(19)17-18-15(22)16-8-5-9-23-3/h6-7,10H,4-5,8-9H2,1-3H3,(H,17,19)(H2,16,18,22). The lowest BCUT2D eigenvalue weighted by Gasteiger charge is -2.13. The number of benzene rings is 1. The molecule has 0 heterocycles. The molecule has 1 aromatic rings. The van der Waals surface area contributed by atoms with Gasteiger partial charge in [0, 0.05) is 12.1 Å². The highest BCUT2D eigenvalue weighted by Gasteiger charge is 2.11. The van der Waals surface area contributed by atoms with Crippen LogP contribution in [-0.4, -0.2) is 43.3 Å². The fraction of sp³-hybridized carbons (Fsp3) is 0.467. The van der Waals surface area contributed by atoms with Crippen LogP contribution in [-0.2, 0) is 0 Å². The Morgan fingerprint density at radius 3 is 2.74 bits per heavy atom. The maximum absolute atomic E-state index is 12.1. The van der Waals surface area contributed by atoms with Gasteiger partial charge in [-0.2, -0.15) is 11.8 Å². The van der Waals surface area contributed by atoms with Crippen molar-refractivity contribution in [2.45, 2.75) is 13.3 Å². The van der Waals surface area contributed by atoms with Gasteiger partial charge in [0.25, 0.3) is 5.91 Å². The second-order valence-corrected chi connectivity index (χ2v) is 5.87. The van der Waals surface area contributed by atoms with Gasteiger partial charge >= 0.3 is 0 Å². The number of nitrogens with one attached hydrogen (secondary N) is 3. The molecule has 1 rings (SSSR count). The normalized spacial score (nSPS) is 9.87. The molecule has 0 atom stereocenters. The maximum atomic E-state index is 12.1. The van der Waals surface area contributed by atoms with Crippen LogP contribution in [0.3, 0.4) is 0 Å². The van der Waals surface area contributed by atoms with Gasteiger partial charge in [0.15, 0.2) is 16.6 Å². The Morgan fingerprint density at radius 1 is 1.30 bits per heavy atom. The molecule has 0 aliphatic carbocycles. The molecule has 128 valence electrons. The van der Waals surface area contributed by atoms with E-state index in [4.69, 9.17) is 21.7 Å². The van der Waals surface area contributed by atoms with Crippen LogP contribution in [0.1, 0.15) is 23.7 Å². The van der Waals surface area contributed by atoms with Gasteiger partial charge in [0.2, 0.25) is 0 Å². The van der Waals surface area contributed by atoms with Gasteiger partial charge in [-0.1, -0.05) is 0 Å². The number of hydrazine groups is 1. The molecule has 0 aliphatic rings. The maximum Gasteiger partial charge on any atom is 0.269 e. The van der Waals surface area contributed by atoms with Crippen molar-refractivity contribution in [1.29, 1.82) is 0 Å². The molecule has 0 unspecified atom stereocenters. The molecule has 1 amide bonds. The van der Waals surface area contributed by atoms with Gasteiger partial charge in [0.05, 0.1) is 13.7 Å². The second kappa shape index (κ2) is 11.0. The zero-order valence-electron chi connectivity index (χ0n) is 13.6. The predicted molar refractivity (Wildman–Crippen MR) is 98.4 cm³/mol. The summed E-state index contributed by atoms with van der Waals surface area (Å²) in [6.45, 7) is 3.18. The minimum absolute atomic E-state index is 0.306. The van der Waals surface area contributed by atoms with Crippen molar-refractivity contribution in [2.75, 3.05) is 32.3 Å². The van der Waals surface area contributed by atoms with Gasteiger partial charge in [-0.25, -0.2) is 0 Å². The molecule has 6 nitrogen and oxygen atoms in total. The first kappa shape index (κ1) is 19.4. The largest absolute Gasteiger partial charge is 0.493 e. The van der Waals surface area contributed by atoms with E-state index in [1.54, 1.807) is 30.0 Å². The van der Waals surface area contributed by atoms with E-state index < -0.39 is 0 Å². The molecule has 23 heavy (non-hydrogen) atoms. The molecule has 1 aromatic carbocycles. The first-order valence-corrected chi connectivity index (χ1v) is 9.06. The highest BCUT2D eigenvalue weighted by molar-refractivity contribution is 7.98. The number of thioether (sulfide) groups is 1. The number of amides is 1. The van der Waals surface area contributed by atoms with Gasteiger partial charge in [-0.05, 0) is 55.8 Å². The van der Waals surface area contributed by atoms with Crippen LogP contribution in [0.5, 0.6) is 11.5 Å². The van der Waals surface area contributed by atoms with E-state index in [2.05, 4.69) is 22.4 Å². The van der Waals surface area contributed by atoms with Crippen molar-refractivity contribution in [3.8, 4) is 11.5 Å². The Morgan fingerprint density at radius 2 is 2.09 bits per heavy atom. The molecule has 0 aliphatic heterocycles. The molecular weight excluding hydrogens is 334 g/mol. The molecule has 8 heteroatoms. The third kappa shape index (κ3) is 6.96. The Bertz CT molecular complexity index is 527. The molecule has 3 N–H and O–H groups in total. The molecule has 0 bridgehead atoms. The Hall–Kier alpha value is -1.67. The molecule has 0 saturated heterocycles. The number of methoxy groups -OCH3 is 1. The van der Waals surface area contributed by atoms with Crippen molar-refractivity contribution in [2.24, 2.45) is 0 Å². The third-order valence-corrected chi connectivity index (χ3v) is 3.77. The number of hydrogen-bond acceptors (Lipinski definition) is 5. The van der Waals surface area contributed by atoms with E-state index in [1.807, 2.05) is 6.92 Å². The number of thiocarbonyl (C=S) groups is 1. The summed E-state index contributed by atoms with van der Waals surface area (Å²) in [6, 6.07) is 4.99. The fourth-order valence-corrected chi connectivity index (χ4v) is 2.32. The summed E-state index contributed by atoms with van der Waals surface area (Å²) in [5.74, 6) is 1.87. The van der Waals surface area contributed by atoms with E-state index in [9.17, 15) is 4.79 Å². The van der Waals surface area contributed by atoms with Gasteiger partial charge in [-0.3, -0.25) is 15.6 Å². The monoisotopic (exact) mass is 357 g/mol. The second-order valence-electron chi connectivity index (χ2n) is 4.48. The summed E-state index contributed by atoms with van der Waals surface area (Å²) in [4.78, 5) is 12.1. The summed E-state index contributed by atoms with van der Waals surface area (Å²) in [6.07, 6.45) is 3.06. The highest BCUT2D eigenvalue weighted by atomic mass is 32.2. The highest BCUT2D eigenvalue weighted by Crippen LogP contribution is 2.27. The van der Waals surface area contributed by atoms with Crippen LogP contribution in [0.15, 0.2) is 18.2 Å². The lowest BCUT2D eigenvalue weighted by Crippen LogP contribution is -2.47. The zero-order valence-corrected chi connectivity index (χ0v) is 15.2. The average molecular weight is 358 g/mol. The van der Waals surface area contributed by atoms with Gasteiger partial charge in [-0.15, -0.1) is 0 Å².